The summed E-state index contributed by atoms with van der Waals surface area (Å²) in [7, 11) is 0. The fraction of sp³-hybridized carbons (Fsp3) is 0.500. The average Bonchev–Trinajstić information content (AvgIpc) is 3.38. The number of imidazole rings is 1. The van der Waals surface area contributed by atoms with Crippen molar-refractivity contribution in [2.75, 3.05) is 26.2 Å². The van der Waals surface area contributed by atoms with Crippen LogP contribution in [0.4, 0.5) is 0 Å². The smallest absolute Gasteiger partial charge is 0.326 e. The molecule has 0 unspecified atom stereocenters. The van der Waals surface area contributed by atoms with Crippen LogP contribution in [-0.4, -0.2) is 76.3 Å². The third-order valence-electron chi connectivity index (χ3n) is 9.12. The first-order valence-electron chi connectivity index (χ1n) is 16.4. The Morgan fingerprint density at radius 1 is 0.935 bits per heavy atom. The van der Waals surface area contributed by atoms with E-state index in [1.807, 2.05) is 26.0 Å². The molecule has 0 aliphatic carbocycles. The number of amides is 4. The Morgan fingerprint density at radius 3 is 2.48 bits per heavy atom. The molecule has 46 heavy (non-hydrogen) atoms. The number of carbonyl (C=O) groups excluding carboxylic acids is 4. The Morgan fingerprint density at radius 2 is 1.67 bits per heavy atom. The van der Waals surface area contributed by atoms with Crippen LogP contribution in [0.5, 0.6) is 0 Å². The van der Waals surface area contributed by atoms with Gasteiger partial charge in [0.1, 0.15) is 6.04 Å². The lowest BCUT2D eigenvalue weighted by molar-refractivity contribution is -0.134. The molecular weight excluding hydrogens is 586 g/mol. The molecule has 246 valence electrons. The van der Waals surface area contributed by atoms with Crippen LogP contribution in [0.2, 0.25) is 0 Å². The Labute approximate surface area is 268 Å². The van der Waals surface area contributed by atoms with Gasteiger partial charge in [0.15, 0.2) is 0 Å². The lowest BCUT2D eigenvalue weighted by Crippen LogP contribution is -2.51. The Kier molecular flexibility index (Phi) is 10.9. The lowest BCUT2D eigenvalue weighted by Gasteiger charge is -2.31. The molecule has 0 spiro atoms. The zero-order valence-corrected chi connectivity index (χ0v) is 26.7. The third kappa shape index (κ3) is 7.85. The number of hydrogen-bond acceptors (Lipinski definition) is 6. The van der Waals surface area contributed by atoms with E-state index in [0.29, 0.717) is 88.0 Å². The minimum Gasteiger partial charge on any atom is -0.354 e. The first kappa shape index (κ1) is 32.9. The summed E-state index contributed by atoms with van der Waals surface area (Å²) >= 11 is 0. The molecule has 0 saturated heterocycles. The van der Waals surface area contributed by atoms with Gasteiger partial charge in [-0.25, -0.2) is 4.79 Å². The van der Waals surface area contributed by atoms with Gasteiger partial charge in [0.2, 0.25) is 17.7 Å². The second-order valence-electron chi connectivity index (χ2n) is 12.3. The maximum atomic E-state index is 13.8. The van der Waals surface area contributed by atoms with Gasteiger partial charge in [0.25, 0.3) is 5.91 Å². The van der Waals surface area contributed by atoms with Gasteiger partial charge >= 0.3 is 5.69 Å². The van der Waals surface area contributed by atoms with Gasteiger partial charge in [-0.3, -0.25) is 23.7 Å². The van der Waals surface area contributed by atoms with Crippen LogP contribution >= 0.6 is 0 Å². The van der Waals surface area contributed by atoms with Gasteiger partial charge < -0.3 is 31.2 Å². The molecule has 2 aliphatic rings. The van der Waals surface area contributed by atoms with Crippen LogP contribution in [-0.2, 0) is 33.9 Å². The number of fused-ring (bicyclic) bond motifs is 2. The Balaban J connectivity index is 1.34. The molecule has 2 aliphatic heterocycles. The quantitative estimate of drug-likeness (QED) is 0.297. The zero-order valence-electron chi connectivity index (χ0n) is 26.7. The number of aromatic nitrogens is 2. The van der Waals surface area contributed by atoms with E-state index in [9.17, 15) is 24.0 Å². The largest absolute Gasteiger partial charge is 0.354 e. The maximum Gasteiger partial charge on any atom is 0.326 e. The molecule has 12 heteroatoms. The van der Waals surface area contributed by atoms with E-state index in [-0.39, 0.29) is 47.7 Å². The molecule has 1 aromatic heterocycles. The summed E-state index contributed by atoms with van der Waals surface area (Å²) in [6.45, 7) is 6.32. The summed E-state index contributed by atoms with van der Waals surface area (Å²) in [5.74, 6) is -0.886. The highest BCUT2D eigenvalue weighted by Crippen LogP contribution is 2.18. The van der Waals surface area contributed by atoms with Crippen LogP contribution in [0.15, 0.2) is 47.3 Å². The first-order valence-corrected chi connectivity index (χ1v) is 16.4. The number of carbonyl (C=O) groups is 4. The van der Waals surface area contributed by atoms with Gasteiger partial charge in [-0.15, -0.1) is 0 Å². The van der Waals surface area contributed by atoms with Crippen molar-refractivity contribution in [3.63, 3.8) is 0 Å². The summed E-state index contributed by atoms with van der Waals surface area (Å²) in [6, 6.07) is 12.1. The number of aromatic amines is 1. The molecule has 3 atom stereocenters. The van der Waals surface area contributed by atoms with Gasteiger partial charge in [-0.05, 0) is 60.9 Å². The summed E-state index contributed by atoms with van der Waals surface area (Å²) in [5.41, 5.74) is 3.70. The summed E-state index contributed by atoms with van der Waals surface area (Å²) < 4.78 is 1.57. The van der Waals surface area contributed by atoms with Crippen LogP contribution in [0.1, 0.15) is 67.4 Å². The third-order valence-corrected chi connectivity index (χ3v) is 9.12. The molecule has 5 rings (SSSR count). The van der Waals surface area contributed by atoms with E-state index in [2.05, 4.69) is 38.4 Å². The number of aryl methyl sites for hydroxylation is 1. The van der Waals surface area contributed by atoms with E-state index >= 15 is 0 Å². The van der Waals surface area contributed by atoms with Crippen molar-refractivity contribution in [2.24, 2.45) is 5.92 Å². The van der Waals surface area contributed by atoms with Crippen LogP contribution in [0, 0.1) is 5.92 Å². The van der Waals surface area contributed by atoms with Gasteiger partial charge in [0.05, 0.1) is 17.1 Å². The SMILES string of the molecule is CC[C@H](C)[C@@H]1NC(=O)CCCN(C(=O)[C@H]2Cc3ccccc3CN2)CCCNC(=O)c2ccc3[nH]c(=O)n(c3c2)CCCNC1=O. The number of benzene rings is 2. The molecule has 0 radical (unpaired) electrons. The number of rotatable bonds is 3. The molecule has 0 saturated carbocycles. The van der Waals surface area contributed by atoms with Crippen LogP contribution < -0.4 is 27.0 Å². The Bertz CT molecular complexity index is 1630. The number of H-pyrrole nitrogens is 1. The topological polar surface area (TPSA) is 157 Å². The summed E-state index contributed by atoms with van der Waals surface area (Å²) in [4.78, 5) is 70.3. The first-order chi connectivity index (χ1) is 22.2. The summed E-state index contributed by atoms with van der Waals surface area (Å²) in [5, 5.41) is 12.2. The van der Waals surface area contributed by atoms with Gasteiger partial charge in [-0.2, -0.15) is 0 Å². The van der Waals surface area contributed by atoms with E-state index < -0.39 is 6.04 Å². The van der Waals surface area contributed by atoms with Crippen molar-refractivity contribution in [2.45, 2.75) is 77.5 Å². The van der Waals surface area contributed by atoms with E-state index in [4.69, 9.17) is 0 Å². The van der Waals surface area contributed by atoms with Crippen molar-refractivity contribution in [1.82, 2.24) is 35.7 Å². The fourth-order valence-electron chi connectivity index (χ4n) is 6.21. The molecule has 2 aromatic carbocycles. The highest BCUT2D eigenvalue weighted by molar-refractivity contribution is 5.97. The number of nitrogens with zero attached hydrogens (tertiary/aromatic N) is 2. The number of hydrogen-bond donors (Lipinski definition) is 5. The normalized spacial score (nSPS) is 21.4. The second-order valence-corrected chi connectivity index (χ2v) is 12.3. The molecule has 3 heterocycles. The minimum atomic E-state index is -0.689. The molecule has 4 amide bonds. The fourth-order valence-corrected chi connectivity index (χ4v) is 6.21. The van der Waals surface area contributed by atoms with Gasteiger partial charge in [0, 0.05) is 51.3 Å². The molecule has 3 aromatic rings. The van der Waals surface area contributed by atoms with Crippen molar-refractivity contribution in [3.05, 3.63) is 69.6 Å². The van der Waals surface area contributed by atoms with Crippen molar-refractivity contribution in [3.8, 4) is 0 Å². The van der Waals surface area contributed by atoms with E-state index in [0.717, 1.165) is 5.56 Å². The number of nitrogens with one attached hydrogen (secondary N) is 5. The predicted molar refractivity (Wildman–Crippen MR) is 175 cm³/mol. The molecular formula is C34H45N7O5. The highest BCUT2D eigenvalue weighted by Gasteiger charge is 2.29. The standard InChI is InChI=1S/C34H45N7O5/c1-3-22(2)30-32(44)36-15-8-18-41-28-20-24(12-13-26(28)38-34(41)46)31(43)35-14-7-17-40(16-6-11-29(42)39-30)33(45)27-19-23-9-4-5-10-25(23)21-37-27/h4-5,9-10,12-13,20,22,27,30,37H,3,6-8,11,14-19,21H2,1-2H3,(H,35,43)(H,36,44)(H,38,46)(H,39,42)/t22-,27+,30-/m0/s1. The van der Waals surface area contributed by atoms with E-state index in [1.165, 1.54) is 5.56 Å². The van der Waals surface area contributed by atoms with E-state index in [1.54, 1.807) is 27.7 Å². The van der Waals surface area contributed by atoms with Crippen molar-refractivity contribution in [1.29, 1.82) is 0 Å². The zero-order chi connectivity index (χ0) is 32.6. The van der Waals surface area contributed by atoms with Gasteiger partial charge in [-0.1, -0.05) is 44.5 Å². The average molecular weight is 632 g/mol. The van der Waals surface area contributed by atoms with Crippen molar-refractivity contribution < 1.29 is 19.2 Å². The van der Waals surface area contributed by atoms with Crippen molar-refractivity contribution >= 4 is 34.7 Å². The minimum absolute atomic E-state index is 0.0348. The Hall–Kier alpha value is -4.45. The highest BCUT2D eigenvalue weighted by atomic mass is 16.2. The molecule has 12 nitrogen and oxygen atoms in total. The van der Waals surface area contributed by atoms with Crippen LogP contribution in [0.25, 0.3) is 11.0 Å². The monoisotopic (exact) mass is 631 g/mol. The second kappa shape index (κ2) is 15.2. The predicted octanol–water partition coefficient (Wildman–Crippen LogP) is 1.82. The molecule has 5 N–H and O–H groups in total. The molecule has 0 fully saturated rings. The lowest BCUT2D eigenvalue weighted by atomic mass is 9.95. The molecule has 2 bridgehead atoms. The maximum absolute atomic E-state index is 13.8. The summed E-state index contributed by atoms with van der Waals surface area (Å²) in [6.07, 6.45) is 2.92. The van der Waals surface area contributed by atoms with Crippen LogP contribution in [0.3, 0.4) is 0 Å².